The fraction of sp³-hybridized carbons (Fsp3) is 0.0909. The van der Waals surface area contributed by atoms with Crippen LogP contribution in [0.5, 0.6) is 0 Å². The number of hydrogen-bond acceptors (Lipinski definition) is 4. The summed E-state index contributed by atoms with van der Waals surface area (Å²) in [6.07, 6.45) is 0. The van der Waals surface area contributed by atoms with E-state index in [1.165, 1.54) is 11.4 Å². The number of rotatable bonds is 4. The van der Waals surface area contributed by atoms with Gasteiger partial charge in [0.2, 0.25) is 0 Å². The lowest BCUT2D eigenvalue weighted by molar-refractivity contribution is 0.282. The molecule has 0 saturated heterocycles. The molecule has 0 aliphatic heterocycles. The Bertz CT molecular complexity index is 677. The Morgan fingerprint density at radius 2 is 1.84 bits per heavy atom. The van der Waals surface area contributed by atoms with Gasteiger partial charge in [0.15, 0.2) is 0 Å². The Kier molecular flexibility index (Phi) is 3.83. The lowest BCUT2D eigenvalue weighted by atomic mass is 10.3. The van der Waals surface area contributed by atoms with Crippen LogP contribution in [0.3, 0.4) is 0 Å². The number of aliphatic hydroxyl groups is 1. The molecular formula is C11H9F2NO3S2. The number of benzene rings is 1. The third-order valence-corrected chi connectivity index (χ3v) is 4.81. The van der Waals surface area contributed by atoms with E-state index >= 15 is 0 Å². The molecule has 4 nitrogen and oxygen atoms in total. The monoisotopic (exact) mass is 305 g/mol. The highest BCUT2D eigenvalue weighted by atomic mass is 32.2. The van der Waals surface area contributed by atoms with Crippen molar-refractivity contribution < 1.29 is 22.3 Å². The molecule has 0 bridgehead atoms. The number of halogens is 2. The minimum atomic E-state index is -4.14. The van der Waals surface area contributed by atoms with Crippen molar-refractivity contribution in [3.05, 3.63) is 46.2 Å². The van der Waals surface area contributed by atoms with Crippen LogP contribution in [0.2, 0.25) is 0 Å². The maximum atomic E-state index is 13.4. The topological polar surface area (TPSA) is 66.4 Å². The van der Waals surface area contributed by atoms with Gasteiger partial charge < -0.3 is 5.11 Å². The Labute approximate surface area is 112 Å². The van der Waals surface area contributed by atoms with Crippen LogP contribution in [-0.4, -0.2) is 13.5 Å². The molecule has 0 radical (unpaired) electrons. The molecule has 0 saturated carbocycles. The fourth-order valence-corrected chi connectivity index (χ4v) is 3.84. The van der Waals surface area contributed by atoms with Crippen molar-refractivity contribution in [2.45, 2.75) is 11.5 Å². The van der Waals surface area contributed by atoms with E-state index in [0.29, 0.717) is 0 Å². The van der Waals surface area contributed by atoms with Crippen molar-refractivity contribution in [1.29, 1.82) is 0 Å². The number of anilines is 1. The molecule has 2 rings (SSSR count). The van der Waals surface area contributed by atoms with E-state index in [2.05, 4.69) is 0 Å². The lowest BCUT2D eigenvalue weighted by Crippen LogP contribution is -2.15. The van der Waals surface area contributed by atoms with Crippen LogP contribution < -0.4 is 4.72 Å². The van der Waals surface area contributed by atoms with E-state index < -0.39 is 34.0 Å². The van der Waals surface area contributed by atoms with E-state index in [4.69, 9.17) is 5.11 Å². The second kappa shape index (κ2) is 5.24. The van der Waals surface area contributed by atoms with Gasteiger partial charge in [0.25, 0.3) is 10.0 Å². The second-order valence-electron chi connectivity index (χ2n) is 3.57. The summed E-state index contributed by atoms with van der Waals surface area (Å²) in [4.78, 5) is 0.00639. The Morgan fingerprint density at radius 3 is 2.42 bits per heavy atom. The zero-order valence-electron chi connectivity index (χ0n) is 9.43. The largest absolute Gasteiger partial charge is 0.391 e. The third kappa shape index (κ3) is 2.75. The van der Waals surface area contributed by atoms with E-state index in [1.807, 2.05) is 4.72 Å². The van der Waals surface area contributed by atoms with Gasteiger partial charge in [-0.05, 0) is 23.6 Å². The minimum absolute atomic E-state index is 0.192. The standard InChI is InChI=1S/C11H9F2NO3S2/c12-7-2-1-3-8(13)11(7)14-19(16,17)10-4-5-18-9(10)6-15/h1-5,14-15H,6H2. The highest BCUT2D eigenvalue weighted by Crippen LogP contribution is 2.26. The zero-order valence-corrected chi connectivity index (χ0v) is 11.1. The summed E-state index contributed by atoms with van der Waals surface area (Å²) in [5, 5.41) is 10.5. The van der Waals surface area contributed by atoms with Gasteiger partial charge in [-0.1, -0.05) is 6.07 Å². The van der Waals surface area contributed by atoms with E-state index in [-0.39, 0.29) is 9.77 Å². The van der Waals surface area contributed by atoms with Gasteiger partial charge in [0, 0.05) is 0 Å². The highest BCUT2D eigenvalue weighted by molar-refractivity contribution is 7.93. The number of hydrogen-bond donors (Lipinski definition) is 2. The van der Waals surface area contributed by atoms with Crippen LogP contribution in [-0.2, 0) is 16.6 Å². The molecule has 0 spiro atoms. The summed E-state index contributed by atoms with van der Waals surface area (Å²) in [6.45, 7) is -0.465. The predicted octanol–water partition coefficient (Wildman–Crippen LogP) is 2.32. The first-order valence-electron chi connectivity index (χ1n) is 5.10. The quantitative estimate of drug-likeness (QED) is 0.911. The molecule has 0 aliphatic rings. The SMILES string of the molecule is O=S(=O)(Nc1c(F)cccc1F)c1ccsc1CO. The fourth-order valence-electron chi connectivity index (χ4n) is 1.47. The summed E-state index contributed by atoms with van der Waals surface area (Å²) < 4.78 is 52.6. The third-order valence-electron chi connectivity index (χ3n) is 2.34. The van der Waals surface area contributed by atoms with Gasteiger partial charge in [-0.2, -0.15) is 0 Å². The maximum absolute atomic E-state index is 13.4. The molecule has 0 aliphatic carbocycles. The van der Waals surface area contributed by atoms with Crippen LogP contribution in [0.25, 0.3) is 0 Å². The van der Waals surface area contributed by atoms with Gasteiger partial charge in [0.1, 0.15) is 22.2 Å². The number of nitrogens with one attached hydrogen (secondary N) is 1. The molecule has 1 aromatic heterocycles. The summed E-state index contributed by atoms with van der Waals surface area (Å²) in [6, 6.07) is 4.28. The average molecular weight is 305 g/mol. The molecule has 2 aromatic rings. The Balaban J connectivity index is 2.43. The van der Waals surface area contributed by atoms with Gasteiger partial charge in [-0.25, -0.2) is 17.2 Å². The maximum Gasteiger partial charge on any atom is 0.263 e. The molecule has 0 atom stereocenters. The van der Waals surface area contributed by atoms with E-state index in [9.17, 15) is 17.2 Å². The average Bonchev–Trinajstić information content (AvgIpc) is 2.83. The Morgan fingerprint density at radius 1 is 1.21 bits per heavy atom. The normalized spacial score (nSPS) is 11.5. The molecule has 1 heterocycles. The highest BCUT2D eigenvalue weighted by Gasteiger charge is 2.22. The molecule has 1 aromatic carbocycles. The van der Waals surface area contributed by atoms with Gasteiger partial charge in [-0.15, -0.1) is 11.3 Å². The van der Waals surface area contributed by atoms with E-state index in [0.717, 1.165) is 29.5 Å². The molecule has 0 amide bonds. The van der Waals surface area contributed by atoms with Crippen molar-refractivity contribution in [3.8, 4) is 0 Å². The molecule has 102 valence electrons. The van der Waals surface area contributed by atoms with Crippen molar-refractivity contribution in [2.24, 2.45) is 0 Å². The first kappa shape index (κ1) is 13.9. The second-order valence-corrected chi connectivity index (χ2v) is 6.22. The number of para-hydroxylation sites is 1. The van der Waals surface area contributed by atoms with Crippen LogP contribution in [0.15, 0.2) is 34.5 Å². The van der Waals surface area contributed by atoms with Crippen molar-refractivity contribution in [2.75, 3.05) is 4.72 Å². The minimum Gasteiger partial charge on any atom is -0.391 e. The van der Waals surface area contributed by atoms with Crippen LogP contribution in [0.4, 0.5) is 14.5 Å². The van der Waals surface area contributed by atoms with Crippen molar-refractivity contribution in [3.63, 3.8) is 0 Å². The van der Waals surface area contributed by atoms with Gasteiger partial charge in [0.05, 0.1) is 11.5 Å². The van der Waals surface area contributed by atoms with Gasteiger partial charge >= 0.3 is 0 Å². The summed E-state index contributed by atoms with van der Waals surface area (Å²) in [5.41, 5.74) is -0.738. The number of thiophene rings is 1. The molecule has 0 fully saturated rings. The first-order valence-corrected chi connectivity index (χ1v) is 7.46. The van der Waals surface area contributed by atoms with Crippen LogP contribution in [0.1, 0.15) is 4.88 Å². The molecule has 8 heteroatoms. The van der Waals surface area contributed by atoms with Crippen molar-refractivity contribution in [1.82, 2.24) is 0 Å². The molecule has 19 heavy (non-hydrogen) atoms. The molecule has 0 unspecified atom stereocenters. The lowest BCUT2D eigenvalue weighted by Gasteiger charge is -2.09. The number of sulfonamides is 1. The summed E-state index contributed by atoms with van der Waals surface area (Å²) in [5.74, 6) is -2.02. The first-order chi connectivity index (χ1) is 8.95. The smallest absolute Gasteiger partial charge is 0.263 e. The molecular weight excluding hydrogens is 296 g/mol. The summed E-state index contributed by atoms with van der Waals surface area (Å²) >= 11 is 1.04. The van der Waals surface area contributed by atoms with Crippen LogP contribution in [0, 0.1) is 11.6 Å². The van der Waals surface area contributed by atoms with Gasteiger partial charge in [-0.3, -0.25) is 4.72 Å². The Hall–Kier alpha value is -1.51. The zero-order chi connectivity index (χ0) is 14.0. The predicted molar refractivity (Wildman–Crippen MR) is 67.4 cm³/mol. The summed E-state index contributed by atoms with van der Waals surface area (Å²) in [7, 11) is -4.14. The van der Waals surface area contributed by atoms with Crippen LogP contribution >= 0.6 is 11.3 Å². The van der Waals surface area contributed by atoms with Crippen molar-refractivity contribution >= 4 is 27.0 Å². The molecule has 2 N–H and O–H groups in total. The van der Waals surface area contributed by atoms with E-state index in [1.54, 1.807) is 0 Å². The number of aliphatic hydroxyl groups excluding tert-OH is 1.